The standard InChI is InChI=1S/C19H25NO6S/c1-12-10-20(11-13(2)26-12)18(21)16-8-15(9-17(16)19(22)23)27(24,25)14-6-4-3-5-7-14/h3-7,12-13,15-17H,8-11H2,1-2H3,(H,22,23)/t12-,13+,15-,16-,17-/m1/s1. The number of ether oxygens (including phenoxy) is 1. The van der Waals surface area contributed by atoms with Crippen molar-refractivity contribution in [3.8, 4) is 0 Å². The number of nitrogens with zero attached hydrogens (tertiary/aromatic N) is 1. The molecule has 7 nitrogen and oxygen atoms in total. The molecule has 1 aliphatic carbocycles. The second-order valence-corrected chi connectivity index (χ2v) is 9.73. The number of carboxylic acid groups (broad SMARTS) is 1. The van der Waals surface area contributed by atoms with Crippen molar-refractivity contribution in [2.24, 2.45) is 11.8 Å². The van der Waals surface area contributed by atoms with E-state index >= 15 is 0 Å². The zero-order valence-electron chi connectivity index (χ0n) is 15.4. The summed E-state index contributed by atoms with van der Waals surface area (Å²) < 4.78 is 31.5. The van der Waals surface area contributed by atoms with Gasteiger partial charge in [0.05, 0.1) is 34.2 Å². The number of carboxylic acids is 1. The van der Waals surface area contributed by atoms with Crippen LogP contribution < -0.4 is 0 Å². The maximum Gasteiger partial charge on any atom is 0.307 e. The van der Waals surface area contributed by atoms with Gasteiger partial charge in [-0.05, 0) is 38.8 Å². The second-order valence-electron chi connectivity index (χ2n) is 7.50. The fourth-order valence-corrected chi connectivity index (χ4v) is 6.03. The lowest BCUT2D eigenvalue weighted by Crippen LogP contribution is -2.51. The quantitative estimate of drug-likeness (QED) is 0.831. The van der Waals surface area contributed by atoms with Crippen molar-refractivity contribution in [2.75, 3.05) is 13.1 Å². The number of aliphatic carboxylic acids is 1. The van der Waals surface area contributed by atoms with Crippen LogP contribution in [0.2, 0.25) is 0 Å². The van der Waals surface area contributed by atoms with E-state index in [4.69, 9.17) is 4.74 Å². The van der Waals surface area contributed by atoms with E-state index < -0.39 is 32.9 Å². The Hall–Kier alpha value is -1.93. The average Bonchev–Trinajstić information content (AvgIpc) is 3.07. The minimum absolute atomic E-state index is 0.0349. The highest BCUT2D eigenvalue weighted by Crippen LogP contribution is 2.39. The summed E-state index contributed by atoms with van der Waals surface area (Å²) in [4.78, 5) is 26.6. The van der Waals surface area contributed by atoms with Crippen molar-refractivity contribution in [1.82, 2.24) is 4.90 Å². The molecule has 1 aliphatic heterocycles. The van der Waals surface area contributed by atoms with Crippen LogP contribution in [0.15, 0.2) is 35.2 Å². The maximum absolute atomic E-state index is 13.0. The van der Waals surface area contributed by atoms with E-state index in [9.17, 15) is 23.1 Å². The van der Waals surface area contributed by atoms with E-state index in [1.807, 2.05) is 13.8 Å². The summed E-state index contributed by atoms with van der Waals surface area (Å²) in [6, 6.07) is 8.00. The third-order valence-electron chi connectivity index (χ3n) is 5.40. The van der Waals surface area contributed by atoms with E-state index in [1.165, 1.54) is 12.1 Å². The maximum atomic E-state index is 13.0. The lowest BCUT2D eigenvalue weighted by molar-refractivity contribution is -0.154. The van der Waals surface area contributed by atoms with Gasteiger partial charge >= 0.3 is 5.97 Å². The van der Waals surface area contributed by atoms with Crippen LogP contribution in [0.5, 0.6) is 0 Å². The number of amides is 1. The van der Waals surface area contributed by atoms with Gasteiger partial charge in [0.2, 0.25) is 5.91 Å². The summed E-state index contributed by atoms with van der Waals surface area (Å²) in [5, 5.41) is 8.73. The van der Waals surface area contributed by atoms with E-state index in [2.05, 4.69) is 0 Å². The Labute approximate surface area is 159 Å². The molecule has 0 bridgehead atoms. The van der Waals surface area contributed by atoms with Gasteiger partial charge in [-0.1, -0.05) is 18.2 Å². The highest BCUT2D eigenvalue weighted by Gasteiger charge is 2.49. The number of carbonyl (C=O) groups is 2. The molecule has 148 valence electrons. The molecule has 5 atom stereocenters. The van der Waals surface area contributed by atoms with Crippen molar-refractivity contribution in [3.63, 3.8) is 0 Å². The molecule has 1 saturated carbocycles. The van der Waals surface area contributed by atoms with Crippen molar-refractivity contribution in [1.29, 1.82) is 0 Å². The van der Waals surface area contributed by atoms with Gasteiger partial charge in [-0.2, -0.15) is 0 Å². The van der Waals surface area contributed by atoms with Gasteiger partial charge in [-0.15, -0.1) is 0 Å². The third-order valence-corrected chi connectivity index (χ3v) is 7.59. The van der Waals surface area contributed by atoms with Crippen LogP contribution in [-0.2, 0) is 24.2 Å². The Morgan fingerprint density at radius 1 is 1.04 bits per heavy atom. The molecule has 0 radical (unpaired) electrons. The molecule has 1 aromatic carbocycles. The molecule has 0 unspecified atom stereocenters. The minimum atomic E-state index is -3.68. The highest BCUT2D eigenvalue weighted by molar-refractivity contribution is 7.92. The number of hydrogen-bond donors (Lipinski definition) is 1. The molecule has 0 aromatic heterocycles. The molecule has 1 heterocycles. The summed E-state index contributed by atoms with van der Waals surface area (Å²) in [5.74, 6) is -3.22. The van der Waals surface area contributed by atoms with Gasteiger partial charge in [-0.3, -0.25) is 9.59 Å². The molecule has 2 fully saturated rings. The Kier molecular flexibility index (Phi) is 5.58. The molecule has 1 saturated heterocycles. The van der Waals surface area contributed by atoms with Crippen LogP contribution in [0.3, 0.4) is 0 Å². The zero-order chi connectivity index (χ0) is 19.8. The van der Waals surface area contributed by atoms with Crippen LogP contribution in [0.4, 0.5) is 0 Å². The van der Waals surface area contributed by atoms with Gasteiger partial charge in [0.15, 0.2) is 9.84 Å². The lowest BCUT2D eigenvalue weighted by atomic mass is 9.94. The van der Waals surface area contributed by atoms with Crippen molar-refractivity contribution >= 4 is 21.7 Å². The first-order valence-electron chi connectivity index (χ1n) is 9.16. The van der Waals surface area contributed by atoms with Crippen LogP contribution in [0.1, 0.15) is 26.7 Å². The Morgan fingerprint density at radius 2 is 1.59 bits per heavy atom. The highest BCUT2D eigenvalue weighted by atomic mass is 32.2. The number of carbonyl (C=O) groups excluding carboxylic acids is 1. The second kappa shape index (κ2) is 7.59. The number of sulfone groups is 1. The van der Waals surface area contributed by atoms with Gasteiger partial charge in [0, 0.05) is 13.1 Å². The molecule has 0 spiro atoms. The molecule has 3 rings (SSSR count). The van der Waals surface area contributed by atoms with Crippen molar-refractivity contribution < 1.29 is 27.9 Å². The van der Waals surface area contributed by atoms with Gasteiger partial charge in [0.25, 0.3) is 0 Å². The number of benzene rings is 1. The smallest absolute Gasteiger partial charge is 0.307 e. The fraction of sp³-hybridized carbons (Fsp3) is 0.579. The monoisotopic (exact) mass is 395 g/mol. The summed E-state index contributed by atoms with van der Waals surface area (Å²) >= 11 is 0. The molecule has 8 heteroatoms. The molecule has 1 aromatic rings. The molecular weight excluding hydrogens is 370 g/mol. The lowest BCUT2D eigenvalue weighted by Gasteiger charge is -2.37. The first-order valence-corrected chi connectivity index (χ1v) is 10.7. The van der Waals surface area contributed by atoms with Crippen LogP contribution in [0, 0.1) is 11.8 Å². The normalized spacial score (nSPS) is 31.6. The molecular formula is C19H25NO6S. The summed E-state index contributed by atoms with van der Waals surface area (Å²) in [7, 11) is -3.68. The van der Waals surface area contributed by atoms with E-state index in [0.717, 1.165) is 0 Å². The predicted octanol–water partition coefficient (Wildman–Crippen LogP) is 1.58. The summed E-state index contributed by atoms with van der Waals surface area (Å²) in [6.45, 7) is 4.51. The SMILES string of the molecule is C[C@@H]1CN(C(=O)[C@@H]2C[C@@H](S(=O)(=O)c3ccccc3)C[C@H]2C(=O)O)C[C@H](C)O1. The van der Waals surface area contributed by atoms with E-state index in [0.29, 0.717) is 13.1 Å². The van der Waals surface area contributed by atoms with Crippen LogP contribution in [0.25, 0.3) is 0 Å². The third kappa shape index (κ3) is 4.01. The fourth-order valence-electron chi connectivity index (χ4n) is 4.19. The van der Waals surface area contributed by atoms with E-state index in [1.54, 1.807) is 23.1 Å². The molecule has 1 amide bonds. The predicted molar refractivity (Wildman–Crippen MR) is 97.9 cm³/mol. The summed E-state index contributed by atoms with van der Waals surface area (Å²) in [6.07, 6.45) is -0.275. The number of hydrogen-bond acceptors (Lipinski definition) is 5. The molecule has 1 N–H and O–H groups in total. The topological polar surface area (TPSA) is 101 Å². The first-order chi connectivity index (χ1) is 12.7. The minimum Gasteiger partial charge on any atom is -0.481 e. The Bertz CT molecular complexity index is 799. The Morgan fingerprint density at radius 3 is 2.15 bits per heavy atom. The van der Waals surface area contributed by atoms with Crippen LogP contribution in [-0.4, -0.2) is 60.8 Å². The van der Waals surface area contributed by atoms with Gasteiger partial charge in [-0.25, -0.2) is 8.42 Å². The first kappa shape index (κ1) is 19.8. The molecule has 2 aliphatic rings. The summed E-state index contributed by atoms with van der Waals surface area (Å²) in [5.41, 5.74) is 0. The van der Waals surface area contributed by atoms with E-state index in [-0.39, 0.29) is 35.9 Å². The van der Waals surface area contributed by atoms with Gasteiger partial charge < -0.3 is 14.7 Å². The number of morpholine rings is 1. The molecule has 27 heavy (non-hydrogen) atoms. The van der Waals surface area contributed by atoms with Gasteiger partial charge in [0.1, 0.15) is 0 Å². The van der Waals surface area contributed by atoms with Crippen molar-refractivity contribution in [2.45, 2.75) is 49.0 Å². The number of rotatable bonds is 4. The largest absolute Gasteiger partial charge is 0.481 e. The van der Waals surface area contributed by atoms with Crippen molar-refractivity contribution in [3.05, 3.63) is 30.3 Å². The average molecular weight is 395 g/mol. The Balaban J connectivity index is 1.83. The zero-order valence-corrected chi connectivity index (χ0v) is 16.3. The van der Waals surface area contributed by atoms with Crippen LogP contribution >= 0.6 is 0 Å².